The summed E-state index contributed by atoms with van der Waals surface area (Å²) in [6.45, 7) is 9.04. The lowest BCUT2D eigenvalue weighted by Crippen LogP contribution is -2.49. The number of carbonyl (C=O) groups excluding carboxylic acids is 1. The summed E-state index contributed by atoms with van der Waals surface area (Å²) in [4.78, 5) is 13.7. The van der Waals surface area contributed by atoms with Gasteiger partial charge < -0.3 is 15.2 Å². The summed E-state index contributed by atoms with van der Waals surface area (Å²) in [7, 11) is 0. The summed E-state index contributed by atoms with van der Waals surface area (Å²) in [5.41, 5.74) is 5.19. The van der Waals surface area contributed by atoms with Crippen molar-refractivity contribution in [2.24, 2.45) is 5.73 Å². The first-order valence-electron chi connectivity index (χ1n) is 6.31. The van der Waals surface area contributed by atoms with Crippen LogP contribution < -0.4 is 5.73 Å². The van der Waals surface area contributed by atoms with E-state index in [1.54, 1.807) is 4.90 Å². The van der Waals surface area contributed by atoms with Crippen molar-refractivity contribution in [3.05, 3.63) is 12.2 Å². The van der Waals surface area contributed by atoms with Gasteiger partial charge >= 0.3 is 6.09 Å². The molecule has 0 aromatic carbocycles. The van der Waals surface area contributed by atoms with Crippen molar-refractivity contribution in [1.29, 1.82) is 0 Å². The maximum atomic E-state index is 12.1. The Hall–Kier alpha value is -1.07. The molecule has 18 heavy (non-hydrogen) atoms. The number of amides is 1. The third kappa shape index (κ3) is 5.06. The Bertz CT molecular complexity index is 308. The van der Waals surface area contributed by atoms with E-state index in [1.807, 2.05) is 39.8 Å². The zero-order valence-electron chi connectivity index (χ0n) is 11.7. The highest BCUT2D eigenvalue weighted by molar-refractivity contribution is 5.69. The predicted molar refractivity (Wildman–Crippen MR) is 70.3 cm³/mol. The number of rotatable bonds is 2. The molecule has 0 spiro atoms. The maximum absolute atomic E-state index is 12.1. The molecule has 104 valence electrons. The zero-order valence-corrected chi connectivity index (χ0v) is 11.7. The summed E-state index contributed by atoms with van der Waals surface area (Å²) >= 11 is 0. The lowest BCUT2D eigenvalue weighted by molar-refractivity contribution is -0.0217. The predicted octanol–water partition coefficient (Wildman–Crippen LogP) is 1.53. The van der Waals surface area contributed by atoms with Crippen LogP contribution in [0, 0.1) is 0 Å². The van der Waals surface area contributed by atoms with Gasteiger partial charge in [0.15, 0.2) is 0 Å². The van der Waals surface area contributed by atoms with Gasteiger partial charge in [0.05, 0.1) is 19.3 Å². The van der Waals surface area contributed by atoms with E-state index in [0.717, 1.165) is 0 Å². The first kappa shape index (κ1) is 15.0. The molecule has 1 fully saturated rings. The maximum Gasteiger partial charge on any atom is 0.410 e. The van der Waals surface area contributed by atoms with Gasteiger partial charge in [-0.25, -0.2) is 4.79 Å². The van der Waals surface area contributed by atoms with Crippen molar-refractivity contribution in [1.82, 2.24) is 4.90 Å². The van der Waals surface area contributed by atoms with Crippen LogP contribution in [0.3, 0.4) is 0 Å². The molecule has 5 heteroatoms. The molecule has 1 amide bonds. The van der Waals surface area contributed by atoms with Crippen LogP contribution in [0.1, 0.15) is 27.7 Å². The summed E-state index contributed by atoms with van der Waals surface area (Å²) < 4.78 is 10.8. The molecule has 2 unspecified atom stereocenters. The highest BCUT2D eigenvalue weighted by Crippen LogP contribution is 2.15. The first-order valence-corrected chi connectivity index (χ1v) is 6.31. The molecule has 1 rings (SSSR count). The molecule has 0 aromatic rings. The molecule has 1 heterocycles. The molecule has 0 aliphatic carbocycles. The van der Waals surface area contributed by atoms with Crippen molar-refractivity contribution in [3.63, 3.8) is 0 Å². The number of hydrogen-bond donors (Lipinski definition) is 1. The van der Waals surface area contributed by atoms with Gasteiger partial charge in [-0.05, 0) is 27.7 Å². The molecule has 0 radical (unpaired) electrons. The minimum atomic E-state index is -0.481. The van der Waals surface area contributed by atoms with Crippen LogP contribution >= 0.6 is 0 Å². The average molecular weight is 256 g/mol. The fourth-order valence-electron chi connectivity index (χ4n) is 1.63. The van der Waals surface area contributed by atoms with Crippen LogP contribution in [-0.4, -0.2) is 48.4 Å². The van der Waals surface area contributed by atoms with Crippen LogP contribution in [0.2, 0.25) is 0 Å². The lowest BCUT2D eigenvalue weighted by Gasteiger charge is -2.35. The van der Waals surface area contributed by atoms with Gasteiger partial charge in [-0.1, -0.05) is 12.2 Å². The second kappa shape index (κ2) is 6.20. The Kier molecular flexibility index (Phi) is 5.16. The SMILES string of the molecule is CC(N)/C=C/C1COCCN1C(=O)OC(C)(C)C. The van der Waals surface area contributed by atoms with Gasteiger partial charge in [0.1, 0.15) is 5.60 Å². The summed E-state index contributed by atoms with van der Waals surface area (Å²) in [5, 5.41) is 0. The van der Waals surface area contributed by atoms with Crippen LogP contribution in [-0.2, 0) is 9.47 Å². The highest BCUT2D eigenvalue weighted by atomic mass is 16.6. The Morgan fingerprint density at radius 3 is 2.78 bits per heavy atom. The van der Waals surface area contributed by atoms with Crippen LogP contribution in [0.4, 0.5) is 4.79 Å². The van der Waals surface area contributed by atoms with Crippen molar-refractivity contribution in [2.75, 3.05) is 19.8 Å². The van der Waals surface area contributed by atoms with Gasteiger partial charge in [-0.3, -0.25) is 4.90 Å². The molecule has 1 aliphatic rings. The molecular weight excluding hydrogens is 232 g/mol. The van der Waals surface area contributed by atoms with E-state index in [2.05, 4.69) is 0 Å². The Morgan fingerprint density at radius 1 is 1.56 bits per heavy atom. The van der Waals surface area contributed by atoms with Crippen molar-refractivity contribution in [2.45, 2.75) is 45.4 Å². The Morgan fingerprint density at radius 2 is 2.22 bits per heavy atom. The second-order valence-electron chi connectivity index (χ2n) is 5.56. The van der Waals surface area contributed by atoms with Crippen LogP contribution in [0.25, 0.3) is 0 Å². The molecule has 1 saturated heterocycles. The molecule has 2 atom stereocenters. The van der Waals surface area contributed by atoms with Gasteiger partial charge in [0.2, 0.25) is 0 Å². The molecule has 0 saturated carbocycles. The van der Waals surface area contributed by atoms with Gasteiger partial charge in [-0.2, -0.15) is 0 Å². The molecular formula is C13H24N2O3. The number of hydrogen-bond acceptors (Lipinski definition) is 4. The Balaban J connectivity index is 2.67. The average Bonchev–Trinajstić information content (AvgIpc) is 2.24. The number of ether oxygens (including phenoxy) is 2. The fraction of sp³-hybridized carbons (Fsp3) is 0.769. The van der Waals surface area contributed by atoms with E-state index in [1.165, 1.54) is 0 Å². The summed E-state index contributed by atoms with van der Waals surface area (Å²) in [6, 6.07) is -0.132. The topological polar surface area (TPSA) is 64.8 Å². The van der Waals surface area contributed by atoms with E-state index >= 15 is 0 Å². The zero-order chi connectivity index (χ0) is 13.8. The van der Waals surface area contributed by atoms with Crippen LogP contribution in [0.15, 0.2) is 12.2 Å². The standard InChI is InChI=1S/C13H24N2O3/c1-10(14)5-6-11-9-17-8-7-15(11)12(16)18-13(2,3)4/h5-6,10-11H,7-9,14H2,1-4H3/b6-5+. The second-order valence-corrected chi connectivity index (χ2v) is 5.56. The third-order valence-electron chi connectivity index (χ3n) is 2.43. The van der Waals surface area contributed by atoms with Gasteiger partial charge in [0.25, 0.3) is 0 Å². The van der Waals surface area contributed by atoms with E-state index < -0.39 is 5.60 Å². The fourth-order valence-corrected chi connectivity index (χ4v) is 1.63. The molecule has 0 aromatic heterocycles. The normalized spacial score (nSPS) is 23.2. The smallest absolute Gasteiger partial charge is 0.410 e. The summed E-state index contributed by atoms with van der Waals surface area (Å²) in [6.07, 6.45) is 3.48. The van der Waals surface area contributed by atoms with E-state index in [0.29, 0.717) is 19.8 Å². The first-order chi connectivity index (χ1) is 8.29. The molecule has 2 N–H and O–H groups in total. The van der Waals surface area contributed by atoms with Gasteiger partial charge in [-0.15, -0.1) is 0 Å². The van der Waals surface area contributed by atoms with E-state index in [9.17, 15) is 4.79 Å². The number of morpholine rings is 1. The molecule has 5 nitrogen and oxygen atoms in total. The van der Waals surface area contributed by atoms with Crippen LogP contribution in [0.5, 0.6) is 0 Å². The van der Waals surface area contributed by atoms with E-state index in [-0.39, 0.29) is 18.2 Å². The number of nitrogens with zero attached hydrogens (tertiary/aromatic N) is 1. The number of carbonyl (C=O) groups is 1. The third-order valence-corrected chi connectivity index (χ3v) is 2.43. The van der Waals surface area contributed by atoms with Gasteiger partial charge in [0, 0.05) is 12.6 Å². The van der Waals surface area contributed by atoms with E-state index in [4.69, 9.17) is 15.2 Å². The number of nitrogens with two attached hydrogens (primary N) is 1. The van der Waals surface area contributed by atoms with Crippen molar-refractivity contribution >= 4 is 6.09 Å². The monoisotopic (exact) mass is 256 g/mol. The molecule has 1 aliphatic heterocycles. The minimum Gasteiger partial charge on any atom is -0.444 e. The van der Waals surface area contributed by atoms with Crippen molar-refractivity contribution in [3.8, 4) is 0 Å². The molecule has 0 bridgehead atoms. The summed E-state index contributed by atoms with van der Waals surface area (Å²) in [5.74, 6) is 0. The minimum absolute atomic E-state index is 0.0348. The quantitative estimate of drug-likeness (QED) is 0.761. The largest absolute Gasteiger partial charge is 0.444 e. The lowest BCUT2D eigenvalue weighted by atomic mass is 10.2. The Labute approximate surface area is 109 Å². The highest BCUT2D eigenvalue weighted by Gasteiger charge is 2.29. The van der Waals surface area contributed by atoms with Crippen molar-refractivity contribution < 1.29 is 14.3 Å².